The molecular formula is C33H37N5O3. The van der Waals surface area contributed by atoms with Gasteiger partial charge in [-0.15, -0.1) is 0 Å². The third-order valence-corrected chi connectivity index (χ3v) is 7.41. The van der Waals surface area contributed by atoms with Crippen LogP contribution in [-0.4, -0.2) is 39.9 Å². The van der Waals surface area contributed by atoms with E-state index in [2.05, 4.69) is 46.4 Å². The fraction of sp³-hybridized carbons (Fsp3) is 0.333. The van der Waals surface area contributed by atoms with Crippen molar-refractivity contribution in [3.63, 3.8) is 0 Å². The minimum atomic E-state index is -0.191. The number of anilines is 2. The highest BCUT2D eigenvalue weighted by Gasteiger charge is 2.27. The van der Waals surface area contributed by atoms with Crippen molar-refractivity contribution in [2.24, 2.45) is 5.92 Å². The topological polar surface area (TPSA) is 100 Å². The molecule has 1 aliphatic heterocycles. The summed E-state index contributed by atoms with van der Waals surface area (Å²) in [4.78, 5) is 32.7. The van der Waals surface area contributed by atoms with Gasteiger partial charge in [0.15, 0.2) is 0 Å². The van der Waals surface area contributed by atoms with Crippen LogP contribution in [0.2, 0.25) is 0 Å². The van der Waals surface area contributed by atoms with E-state index in [1.54, 1.807) is 6.07 Å². The first-order chi connectivity index (χ1) is 19.6. The molecule has 1 fully saturated rings. The van der Waals surface area contributed by atoms with Crippen LogP contribution in [0.25, 0.3) is 11.4 Å². The van der Waals surface area contributed by atoms with Gasteiger partial charge in [0, 0.05) is 29.0 Å². The highest BCUT2D eigenvalue weighted by molar-refractivity contribution is 6.04. The predicted molar refractivity (Wildman–Crippen MR) is 161 cm³/mol. The lowest BCUT2D eigenvalue weighted by Gasteiger charge is -2.30. The summed E-state index contributed by atoms with van der Waals surface area (Å²) >= 11 is 0. The van der Waals surface area contributed by atoms with Gasteiger partial charge in [-0.05, 0) is 67.6 Å². The van der Waals surface area contributed by atoms with Gasteiger partial charge in [-0.3, -0.25) is 14.5 Å². The lowest BCUT2D eigenvalue weighted by atomic mass is 9.87. The number of likely N-dealkylation sites (tertiary alicyclic amines) is 1. The summed E-state index contributed by atoms with van der Waals surface area (Å²) in [7, 11) is 0. The maximum atomic E-state index is 13.2. The molecule has 3 aromatic carbocycles. The molecule has 0 radical (unpaired) electrons. The van der Waals surface area contributed by atoms with Crippen molar-refractivity contribution in [3.05, 3.63) is 95.4 Å². The van der Waals surface area contributed by atoms with Crippen molar-refractivity contribution in [2.45, 2.75) is 52.5 Å². The Balaban J connectivity index is 1.16. The van der Waals surface area contributed by atoms with Crippen LogP contribution in [0.15, 0.2) is 77.3 Å². The van der Waals surface area contributed by atoms with E-state index in [0.29, 0.717) is 41.7 Å². The van der Waals surface area contributed by atoms with Gasteiger partial charge in [0.25, 0.3) is 5.91 Å². The number of benzene rings is 3. The molecule has 4 aromatic rings. The quantitative estimate of drug-likeness (QED) is 0.274. The van der Waals surface area contributed by atoms with Crippen LogP contribution in [0.3, 0.4) is 0 Å². The molecule has 8 nitrogen and oxygen atoms in total. The third-order valence-electron chi connectivity index (χ3n) is 7.41. The summed E-state index contributed by atoms with van der Waals surface area (Å²) in [6, 6.07) is 22.9. The summed E-state index contributed by atoms with van der Waals surface area (Å²) < 4.78 is 5.50. The number of piperidine rings is 1. The van der Waals surface area contributed by atoms with Crippen LogP contribution < -0.4 is 10.6 Å². The van der Waals surface area contributed by atoms with Gasteiger partial charge < -0.3 is 15.2 Å². The van der Waals surface area contributed by atoms with Gasteiger partial charge >= 0.3 is 0 Å². The van der Waals surface area contributed by atoms with Gasteiger partial charge in [-0.25, -0.2) is 0 Å². The predicted octanol–water partition coefficient (Wildman–Crippen LogP) is 6.45. The Morgan fingerprint density at radius 1 is 0.976 bits per heavy atom. The number of amides is 2. The largest absolute Gasteiger partial charge is 0.338 e. The average Bonchev–Trinajstić information content (AvgIpc) is 3.41. The first-order valence-electron chi connectivity index (χ1n) is 14.1. The summed E-state index contributed by atoms with van der Waals surface area (Å²) in [6.45, 7) is 10.4. The highest BCUT2D eigenvalue weighted by Crippen LogP contribution is 2.25. The average molecular weight is 552 g/mol. The minimum absolute atomic E-state index is 0.0228. The lowest BCUT2D eigenvalue weighted by molar-refractivity contribution is -0.121. The molecule has 5 rings (SSSR count). The Hall–Kier alpha value is -4.30. The van der Waals surface area contributed by atoms with Gasteiger partial charge in [0.1, 0.15) is 0 Å². The molecule has 212 valence electrons. The number of aryl methyl sites for hydroxylation is 1. The standard InChI is InChI=1S/C33H37N5O3/c1-22-10-12-23(13-11-22)30-36-29(41-37-30)21-38-18-6-7-25(20-38)32(40)35-28-9-5-8-27(19-28)34-31(39)24-14-16-26(17-15-24)33(2,3)4/h5,8-17,19,25H,6-7,18,20-21H2,1-4H3,(H,34,39)(H,35,40). The van der Waals surface area contributed by atoms with E-state index >= 15 is 0 Å². The first kappa shape index (κ1) is 28.2. The maximum absolute atomic E-state index is 13.2. The zero-order valence-electron chi connectivity index (χ0n) is 24.1. The number of rotatable bonds is 7. The van der Waals surface area contributed by atoms with Crippen LogP contribution in [0, 0.1) is 12.8 Å². The molecule has 2 amide bonds. The van der Waals surface area contributed by atoms with E-state index in [0.717, 1.165) is 24.9 Å². The van der Waals surface area contributed by atoms with Crippen molar-refractivity contribution in [3.8, 4) is 11.4 Å². The van der Waals surface area contributed by atoms with E-state index < -0.39 is 0 Å². The molecule has 41 heavy (non-hydrogen) atoms. The summed E-state index contributed by atoms with van der Waals surface area (Å²) in [5.41, 5.74) is 5.14. The Kier molecular flexibility index (Phi) is 8.31. The van der Waals surface area contributed by atoms with E-state index in [1.165, 1.54) is 11.1 Å². The smallest absolute Gasteiger partial charge is 0.255 e. The second-order valence-electron chi connectivity index (χ2n) is 11.8. The molecule has 1 aliphatic rings. The van der Waals surface area contributed by atoms with E-state index in [1.807, 2.05) is 73.7 Å². The second kappa shape index (κ2) is 12.1. The number of nitrogens with zero attached hydrogens (tertiary/aromatic N) is 3. The van der Waals surface area contributed by atoms with E-state index in [-0.39, 0.29) is 23.1 Å². The highest BCUT2D eigenvalue weighted by atomic mass is 16.5. The zero-order valence-corrected chi connectivity index (χ0v) is 24.1. The van der Waals surface area contributed by atoms with Crippen molar-refractivity contribution in [1.29, 1.82) is 0 Å². The first-order valence-corrected chi connectivity index (χ1v) is 14.1. The maximum Gasteiger partial charge on any atom is 0.255 e. The number of nitrogens with one attached hydrogen (secondary N) is 2. The number of aromatic nitrogens is 2. The molecule has 8 heteroatoms. The van der Waals surface area contributed by atoms with Crippen molar-refractivity contribution < 1.29 is 14.1 Å². The Morgan fingerprint density at radius 3 is 2.39 bits per heavy atom. The molecule has 0 saturated carbocycles. The molecular weight excluding hydrogens is 514 g/mol. The number of carbonyl (C=O) groups excluding carboxylic acids is 2. The number of hydrogen-bond acceptors (Lipinski definition) is 6. The van der Waals surface area contributed by atoms with Crippen molar-refractivity contribution >= 4 is 23.2 Å². The summed E-state index contributed by atoms with van der Waals surface area (Å²) in [5.74, 6) is 0.714. The minimum Gasteiger partial charge on any atom is -0.338 e. The van der Waals surface area contributed by atoms with Gasteiger partial charge in [-0.1, -0.05) is 74.0 Å². The third kappa shape index (κ3) is 7.27. The van der Waals surface area contributed by atoms with E-state index in [4.69, 9.17) is 4.52 Å². The SMILES string of the molecule is Cc1ccc(-c2noc(CN3CCCC(C(=O)Nc4cccc(NC(=O)c5ccc(C(C)(C)C)cc5)c4)C3)n2)cc1. The molecule has 0 aliphatic carbocycles. The van der Waals surface area contributed by atoms with Crippen LogP contribution >= 0.6 is 0 Å². The van der Waals surface area contributed by atoms with Crippen molar-refractivity contribution in [1.82, 2.24) is 15.0 Å². The molecule has 1 saturated heterocycles. The Bertz CT molecular complexity index is 1500. The van der Waals surface area contributed by atoms with Gasteiger partial charge in [0.2, 0.25) is 17.6 Å². The monoisotopic (exact) mass is 551 g/mol. The summed E-state index contributed by atoms with van der Waals surface area (Å²) in [5, 5.41) is 10.1. The second-order valence-corrected chi connectivity index (χ2v) is 11.8. The molecule has 1 atom stereocenters. The van der Waals surface area contributed by atoms with Crippen LogP contribution in [0.5, 0.6) is 0 Å². The fourth-order valence-corrected chi connectivity index (χ4v) is 4.99. The van der Waals surface area contributed by atoms with Gasteiger partial charge in [0.05, 0.1) is 12.5 Å². The number of hydrogen-bond donors (Lipinski definition) is 2. The van der Waals surface area contributed by atoms with Crippen LogP contribution in [0.4, 0.5) is 11.4 Å². The molecule has 1 unspecified atom stereocenters. The fourth-order valence-electron chi connectivity index (χ4n) is 4.99. The van der Waals surface area contributed by atoms with E-state index in [9.17, 15) is 9.59 Å². The Morgan fingerprint density at radius 2 is 1.68 bits per heavy atom. The molecule has 0 spiro atoms. The van der Waals surface area contributed by atoms with Crippen LogP contribution in [-0.2, 0) is 16.8 Å². The molecule has 2 N–H and O–H groups in total. The summed E-state index contributed by atoms with van der Waals surface area (Å²) in [6.07, 6.45) is 1.71. The normalized spacial score (nSPS) is 15.9. The zero-order chi connectivity index (χ0) is 29.0. The molecule has 0 bridgehead atoms. The Labute approximate surface area is 241 Å². The van der Waals surface area contributed by atoms with Gasteiger partial charge in [-0.2, -0.15) is 4.98 Å². The molecule has 1 aromatic heterocycles. The number of carbonyl (C=O) groups is 2. The molecule has 2 heterocycles. The van der Waals surface area contributed by atoms with Crippen LogP contribution in [0.1, 0.15) is 61.0 Å². The lowest BCUT2D eigenvalue weighted by Crippen LogP contribution is -2.40. The van der Waals surface area contributed by atoms with Crippen molar-refractivity contribution in [2.75, 3.05) is 23.7 Å².